The summed E-state index contributed by atoms with van der Waals surface area (Å²) in [6, 6.07) is 7.53. The Labute approximate surface area is 142 Å². The van der Waals surface area contributed by atoms with Gasteiger partial charge in [0.15, 0.2) is 0 Å². The van der Waals surface area contributed by atoms with Gasteiger partial charge in [-0.25, -0.2) is 0 Å². The number of hydrogen-bond donors (Lipinski definition) is 1. The largest absolute Gasteiger partial charge is 0.496 e. The molecule has 1 aliphatic carbocycles. The van der Waals surface area contributed by atoms with E-state index in [-0.39, 0.29) is 17.9 Å². The monoisotopic (exact) mass is 331 g/mol. The molecule has 0 bridgehead atoms. The minimum atomic E-state index is -0.144. The first-order valence-corrected chi connectivity index (χ1v) is 8.57. The van der Waals surface area contributed by atoms with Gasteiger partial charge in [0, 0.05) is 32.2 Å². The summed E-state index contributed by atoms with van der Waals surface area (Å²) in [5, 5.41) is 3.05. The second-order valence-corrected chi connectivity index (χ2v) is 6.49. The van der Waals surface area contributed by atoms with Crippen molar-refractivity contribution in [2.24, 2.45) is 0 Å². The predicted octanol–water partition coefficient (Wildman–Crippen LogP) is 1.12. The van der Waals surface area contributed by atoms with Gasteiger partial charge in [0.1, 0.15) is 5.75 Å². The number of nitrogens with zero attached hydrogens (tertiary/aromatic N) is 2. The Balaban J connectivity index is 1.56. The molecule has 1 aliphatic heterocycles. The summed E-state index contributed by atoms with van der Waals surface area (Å²) in [7, 11) is 1.57. The Bertz CT molecular complexity index is 607. The van der Waals surface area contributed by atoms with Crippen LogP contribution in [0.5, 0.6) is 5.75 Å². The number of piperazine rings is 1. The maximum atomic E-state index is 12.7. The van der Waals surface area contributed by atoms with Gasteiger partial charge in [0.25, 0.3) is 5.91 Å². The van der Waals surface area contributed by atoms with Gasteiger partial charge < -0.3 is 15.0 Å². The molecule has 2 fully saturated rings. The van der Waals surface area contributed by atoms with Crippen LogP contribution < -0.4 is 10.1 Å². The predicted molar refractivity (Wildman–Crippen MR) is 91.1 cm³/mol. The van der Waals surface area contributed by atoms with E-state index >= 15 is 0 Å². The van der Waals surface area contributed by atoms with E-state index in [1.54, 1.807) is 19.2 Å². The fourth-order valence-electron chi connectivity index (χ4n) is 3.02. The minimum Gasteiger partial charge on any atom is -0.496 e. The van der Waals surface area contributed by atoms with Crippen LogP contribution in [0.15, 0.2) is 24.3 Å². The van der Waals surface area contributed by atoms with Crippen LogP contribution in [0.3, 0.4) is 0 Å². The van der Waals surface area contributed by atoms with Crippen molar-refractivity contribution in [3.63, 3.8) is 0 Å². The normalized spacial score (nSPS) is 19.7. The van der Waals surface area contributed by atoms with Crippen LogP contribution >= 0.6 is 0 Å². The highest BCUT2D eigenvalue weighted by Gasteiger charge is 2.31. The van der Waals surface area contributed by atoms with Crippen LogP contribution in [0.2, 0.25) is 0 Å². The molecule has 1 unspecified atom stereocenters. The lowest BCUT2D eigenvalue weighted by Gasteiger charge is -2.37. The first kappa shape index (κ1) is 16.8. The van der Waals surface area contributed by atoms with E-state index < -0.39 is 0 Å². The van der Waals surface area contributed by atoms with E-state index in [4.69, 9.17) is 4.74 Å². The zero-order valence-corrected chi connectivity index (χ0v) is 14.3. The van der Waals surface area contributed by atoms with E-state index in [1.165, 1.54) is 0 Å². The van der Waals surface area contributed by atoms with Crippen molar-refractivity contribution >= 4 is 11.8 Å². The third-order valence-corrected chi connectivity index (χ3v) is 4.79. The topological polar surface area (TPSA) is 61.9 Å². The molecule has 6 heteroatoms. The molecule has 1 saturated heterocycles. The molecule has 3 rings (SSSR count). The lowest BCUT2D eigenvalue weighted by molar-refractivity contribution is -0.126. The molecule has 0 aromatic heterocycles. The smallest absolute Gasteiger partial charge is 0.257 e. The van der Waals surface area contributed by atoms with Crippen LogP contribution in [0, 0.1) is 0 Å². The summed E-state index contributed by atoms with van der Waals surface area (Å²) in [5.41, 5.74) is 0.591. The number of para-hydroxylation sites is 1. The van der Waals surface area contributed by atoms with Gasteiger partial charge in [-0.05, 0) is 31.9 Å². The molecule has 0 radical (unpaired) electrons. The second kappa shape index (κ2) is 7.21. The molecule has 1 aromatic carbocycles. The van der Waals surface area contributed by atoms with Gasteiger partial charge in [-0.1, -0.05) is 12.1 Å². The number of methoxy groups -OCH3 is 1. The molecule has 1 atom stereocenters. The summed E-state index contributed by atoms with van der Waals surface area (Å²) in [4.78, 5) is 28.8. The van der Waals surface area contributed by atoms with Crippen molar-refractivity contribution in [1.29, 1.82) is 0 Å². The summed E-state index contributed by atoms with van der Waals surface area (Å²) >= 11 is 0. The van der Waals surface area contributed by atoms with Crippen LogP contribution in [-0.4, -0.2) is 67.0 Å². The number of nitrogens with one attached hydrogen (secondary N) is 1. The van der Waals surface area contributed by atoms with Crippen molar-refractivity contribution in [2.45, 2.75) is 31.8 Å². The molecule has 1 heterocycles. The van der Waals surface area contributed by atoms with Gasteiger partial charge in [0.05, 0.1) is 18.7 Å². The number of ether oxygens (including phenoxy) is 1. The average Bonchev–Trinajstić information content (AvgIpc) is 3.44. The Morgan fingerprint density at radius 2 is 1.83 bits per heavy atom. The van der Waals surface area contributed by atoms with Gasteiger partial charge in [-0.3, -0.25) is 14.5 Å². The maximum Gasteiger partial charge on any atom is 0.257 e. The summed E-state index contributed by atoms with van der Waals surface area (Å²) in [5.74, 6) is 0.686. The first-order valence-electron chi connectivity index (χ1n) is 8.57. The fraction of sp³-hybridized carbons (Fsp3) is 0.556. The molecule has 0 spiro atoms. The lowest BCUT2D eigenvalue weighted by Crippen LogP contribution is -2.55. The molecule has 1 N–H and O–H groups in total. The summed E-state index contributed by atoms with van der Waals surface area (Å²) < 4.78 is 5.28. The number of amides is 2. The Hall–Kier alpha value is -2.08. The Kier molecular flexibility index (Phi) is 5.04. The van der Waals surface area contributed by atoms with Crippen molar-refractivity contribution in [3.05, 3.63) is 29.8 Å². The van der Waals surface area contributed by atoms with Crippen molar-refractivity contribution in [1.82, 2.24) is 15.1 Å². The maximum absolute atomic E-state index is 12.7. The third kappa shape index (κ3) is 3.70. The standard InChI is InChI=1S/C18H25N3O3/c1-13(17(22)19-14-7-8-14)20-9-11-21(12-10-20)18(23)15-5-3-4-6-16(15)24-2/h3-6,13-14H,7-12H2,1-2H3,(H,19,22). The summed E-state index contributed by atoms with van der Waals surface area (Å²) in [6.45, 7) is 4.60. The highest BCUT2D eigenvalue weighted by Crippen LogP contribution is 2.21. The zero-order valence-electron chi connectivity index (χ0n) is 14.3. The highest BCUT2D eigenvalue weighted by atomic mass is 16.5. The van der Waals surface area contributed by atoms with Crippen molar-refractivity contribution in [2.75, 3.05) is 33.3 Å². The molecular formula is C18H25N3O3. The number of carbonyl (C=O) groups excluding carboxylic acids is 2. The Morgan fingerprint density at radius 3 is 2.46 bits per heavy atom. The van der Waals surface area contributed by atoms with Gasteiger partial charge in [0.2, 0.25) is 5.91 Å². The van der Waals surface area contributed by atoms with E-state index in [0.29, 0.717) is 43.5 Å². The van der Waals surface area contributed by atoms with Gasteiger partial charge >= 0.3 is 0 Å². The van der Waals surface area contributed by atoms with E-state index in [1.807, 2.05) is 24.0 Å². The van der Waals surface area contributed by atoms with Crippen LogP contribution in [0.25, 0.3) is 0 Å². The Morgan fingerprint density at radius 1 is 1.17 bits per heavy atom. The molecule has 1 aromatic rings. The molecule has 24 heavy (non-hydrogen) atoms. The van der Waals surface area contributed by atoms with Gasteiger partial charge in [-0.2, -0.15) is 0 Å². The van der Waals surface area contributed by atoms with Gasteiger partial charge in [-0.15, -0.1) is 0 Å². The zero-order chi connectivity index (χ0) is 17.1. The molecule has 6 nitrogen and oxygen atoms in total. The highest BCUT2D eigenvalue weighted by molar-refractivity contribution is 5.97. The average molecular weight is 331 g/mol. The molecule has 130 valence electrons. The first-order chi connectivity index (χ1) is 11.6. The minimum absolute atomic E-state index is 0.0119. The van der Waals surface area contributed by atoms with Crippen LogP contribution in [0.4, 0.5) is 0 Å². The number of benzene rings is 1. The van der Waals surface area contributed by atoms with Crippen LogP contribution in [0.1, 0.15) is 30.1 Å². The van der Waals surface area contributed by atoms with E-state index in [0.717, 1.165) is 12.8 Å². The number of carbonyl (C=O) groups is 2. The third-order valence-electron chi connectivity index (χ3n) is 4.79. The van der Waals surface area contributed by atoms with Crippen LogP contribution in [-0.2, 0) is 4.79 Å². The quantitative estimate of drug-likeness (QED) is 0.878. The second-order valence-electron chi connectivity index (χ2n) is 6.49. The fourth-order valence-corrected chi connectivity index (χ4v) is 3.02. The number of hydrogen-bond acceptors (Lipinski definition) is 4. The van der Waals surface area contributed by atoms with E-state index in [9.17, 15) is 9.59 Å². The van der Waals surface area contributed by atoms with E-state index in [2.05, 4.69) is 10.2 Å². The van der Waals surface area contributed by atoms with Crippen molar-refractivity contribution in [3.8, 4) is 5.75 Å². The molecular weight excluding hydrogens is 306 g/mol. The molecule has 1 saturated carbocycles. The lowest BCUT2D eigenvalue weighted by atomic mass is 10.1. The SMILES string of the molecule is COc1ccccc1C(=O)N1CCN(C(C)C(=O)NC2CC2)CC1. The number of rotatable bonds is 5. The molecule has 2 aliphatic rings. The molecule has 2 amide bonds. The van der Waals surface area contributed by atoms with Crippen molar-refractivity contribution < 1.29 is 14.3 Å². The summed E-state index contributed by atoms with van der Waals surface area (Å²) in [6.07, 6.45) is 2.19.